The number of hydrogen-bond donors (Lipinski definition) is 2. The number of amides is 1. The van der Waals surface area contributed by atoms with E-state index in [-0.39, 0.29) is 17.7 Å². The van der Waals surface area contributed by atoms with Crippen LogP contribution < -0.4 is 11.1 Å². The van der Waals surface area contributed by atoms with Crippen LogP contribution in [0.15, 0.2) is 0 Å². The van der Waals surface area contributed by atoms with E-state index in [9.17, 15) is 13.2 Å². The number of nitrogens with one attached hydrogen (secondary N) is 1. The minimum atomic E-state index is -3.29. The lowest BCUT2D eigenvalue weighted by molar-refractivity contribution is -0.119. The van der Waals surface area contributed by atoms with Crippen LogP contribution in [0.1, 0.15) is 26.7 Å². The van der Waals surface area contributed by atoms with E-state index in [1.54, 1.807) is 0 Å². The van der Waals surface area contributed by atoms with Crippen molar-refractivity contribution in [1.82, 2.24) is 5.32 Å². The van der Waals surface area contributed by atoms with Gasteiger partial charge in [0.1, 0.15) is 5.75 Å². The Bertz CT molecular complexity index is 361. The van der Waals surface area contributed by atoms with Gasteiger partial charge in [0.2, 0.25) is 5.91 Å². The third-order valence-corrected chi connectivity index (χ3v) is 4.61. The number of carbonyl (C=O) groups excluding carboxylic acids is 1. The fraction of sp³-hybridized carbons (Fsp3) is 0.909. The molecule has 0 aromatic carbocycles. The molecule has 1 saturated carbocycles. The number of nitrogens with two attached hydrogens (primary N) is 1. The monoisotopic (exact) mass is 262 g/mol. The molecule has 1 rings (SSSR count). The fourth-order valence-electron chi connectivity index (χ4n) is 1.88. The average Bonchev–Trinajstić information content (AvgIpc) is 2.93. The van der Waals surface area contributed by atoms with Crippen molar-refractivity contribution in [2.75, 3.05) is 18.1 Å². The van der Waals surface area contributed by atoms with Gasteiger partial charge in [-0.25, -0.2) is 8.42 Å². The van der Waals surface area contributed by atoms with E-state index in [4.69, 9.17) is 5.73 Å². The van der Waals surface area contributed by atoms with Crippen molar-refractivity contribution in [3.05, 3.63) is 0 Å². The van der Waals surface area contributed by atoms with Crippen molar-refractivity contribution < 1.29 is 13.2 Å². The summed E-state index contributed by atoms with van der Waals surface area (Å²) in [5, 5.41) is 2.71. The molecule has 0 aromatic heterocycles. The Labute approximate surface area is 103 Å². The summed E-state index contributed by atoms with van der Waals surface area (Å²) >= 11 is 0. The summed E-state index contributed by atoms with van der Waals surface area (Å²) in [5.74, 6) is -0.308. The van der Waals surface area contributed by atoms with Crippen molar-refractivity contribution in [1.29, 1.82) is 0 Å². The van der Waals surface area contributed by atoms with Crippen LogP contribution in [-0.4, -0.2) is 38.4 Å². The van der Waals surface area contributed by atoms with Gasteiger partial charge in [-0.1, -0.05) is 13.8 Å². The first-order chi connectivity index (χ1) is 7.84. The van der Waals surface area contributed by atoms with E-state index < -0.39 is 21.5 Å². The molecular weight excluding hydrogens is 240 g/mol. The van der Waals surface area contributed by atoms with Gasteiger partial charge in [-0.15, -0.1) is 0 Å². The first-order valence-electron chi connectivity index (χ1n) is 6.04. The lowest BCUT2D eigenvalue weighted by Crippen LogP contribution is -2.44. The zero-order chi connectivity index (χ0) is 13.1. The number of carbonyl (C=O) groups is 1. The average molecular weight is 262 g/mol. The quantitative estimate of drug-likeness (QED) is 0.671. The molecule has 6 heteroatoms. The molecule has 100 valence electrons. The van der Waals surface area contributed by atoms with Crippen molar-refractivity contribution >= 4 is 15.7 Å². The number of hydrogen-bond acceptors (Lipinski definition) is 4. The van der Waals surface area contributed by atoms with Crippen LogP contribution in [0.4, 0.5) is 0 Å². The molecule has 0 radical (unpaired) electrons. The van der Waals surface area contributed by atoms with Crippen LogP contribution in [0.25, 0.3) is 0 Å². The zero-order valence-corrected chi connectivity index (χ0v) is 11.3. The fourth-order valence-corrected chi connectivity index (χ4v) is 3.50. The molecule has 5 nitrogen and oxygen atoms in total. The normalized spacial score (nSPS) is 18.1. The predicted molar refractivity (Wildman–Crippen MR) is 67.2 cm³/mol. The SMILES string of the molecule is CC(C)CS(=O)(=O)CC(=O)NC(CN)C1CC1. The first-order valence-corrected chi connectivity index (χ1v) is 7.86. The highest BCUT2D eigenvalue weighted by Crippen LogP contribution is 2.32. The second-order valence-corrected chi connectivity index (χ2v) is 7.30. The van der Waals surface area contributed by atoms with Gasteiger partial charge >= 0.3 is 0 Å². The minimum absolute atomic E-state index is 0.0431. The third-order valence-electron chi connectivity index (χ3n) is 2.73. The van der Waals surface area contributed by atoms with Crippen molar-refractivity contribution in [3.63, 3.8) is 0 Å². The molecule has 1 unspecified atom stereocenters. The van der Waals surface area contributed by atoms with Crippen molar-refractivity contribution in [2.24, 2.45) is 17.6 Å². The number of rotatable bonds is 7. The lowest BCUT2D eigenvalue weighted by Gasteiger charge is -2.16. The van der Waals surface area contributed by atoms with Gasteiger partial charge in [-0.3, -0.25) is 4.79 Å². The Balaban J connectivity index is 2.42. The van der Waals surface area contributed by atoms with Gasteiger partial charge in [0.15, 0.2) is 9.84 Å². The van der Waals surface area contributed by atoms with E-state index in [1.807, 2.05) is 13.8 Å². The Morgan fingerprint density at radius 2 is 2.00 bits per heavy atom. The summed E-state index contributed by atoms with van der Waals surface area (Å²) in [6.07, 6.45) is 2.14. The maximum Gasteiger partial charge on any atom is 0.235 e. The Morgan fingerprint density at radius 3 is 2.41 bits per heavy atom. The molecule has 0 spiro atoms. The summed E-state index contributed by atoms with van der Waals surface area (Å²) in [4.78, 5) is 11.6. The van der Waals surface area contributed by atoms with Gasteiger partial charge in [-0.05, 0) is 24.7 Å². The minimum Gasteiger partial charge on any atom is -0.351 e. The zero-order valence-electron chi connectivity index (χ0n) is 10.5. The summed E-state index contributed by atoms with van der Waals surface area (Å²) in [5.41, 5.74) is 5.54. The van der Waals surface area contributed by atoms with E-state index in [0.717, 1.165) is 12.8 Å². The Morgan fingerprint density at radius 1 is 1.41 bits per heavy atom. The molecule has 0 aromatic rings. The van der Waals surface area contributed by atoms with Crippen LogP contribution in [0.3, 0.4) is 0 Å². The smallest absolute Gasteiger partial charge is 0.235 e. The van der Waals surface area contributed by atoms with Gasteiger partial charge in [0.25, 0.3) is 0 Å². The van der Waals surface area contributed by atoms with E-state index in [1.165, 1.54) is 0 Å². The molecular formula is C11H22N2O3S. The first kappa shape index (κ1) is 14.4. The van der Waals surface area contributed by atoms with Crippen LogP contribution in [0, 0.1) is 11.8 Å². The molecule has 1 atom stereocenters. The molecule has 17 heavy (non-hydrogen) atoms. The molecule has 0 bridgehead atoms. The molecule has 3 N–H and O–H groups in total. The van der Waals surface area contributed by atoms with E-state index in [0.29, 0.717) is 12.5 Å². The molecule has 1 aliphatic carbocycles. The second kappa shape index (κ2) is 5.82. The highest BCUT2D eigenvalue weighted by Gasteiger charge is 2.32. The van der Waals surface area contributed by atoms with Crippen molar-refractivity contribution in [2.45, 2.75) is 32.7 Å². The lowest BCUT2D eigenvalue weighted by atomic mass is 10.2. The van der Waals surface area contributed by atoms with Crippen LogP contribution in [-0.2, 0) is 14.6 Å². The highest BCUT2D eigenvalue weighted by atomic mass is 32.2. The molecule has 1 amide bonds. The summed E-state index contributed by atoms with van der Waals surface area (Å²) in [7, 11) is -3.29. The maximum absolute atomic E-state index is 11.6. The molecule has 1 aliphatic rings. The maximum atomic E-state index is 11.6. The molecule has 0 heterocycles. The van der Waals surface area contributed by atoms with Crippen molar-refractivity contribution in [3.8, 4) is 0 Å². The van der Waals surface area contributed by atoms with Gasteiger partial charge in [0, 0.05) is 12.6 Å². The number of sulfone groups is 1. The second-order valence-electron chi connectivity index (χ2n) is 5.20. The third kappa shape index (κ3) is 5.50. The molecule has 0 saturated heterocycles. The highest BCUT2D eigenvalue weighted by molar-refractivity contribution is 7.92. The summed E-state index contributed by atoms with van der Waals surface area (Å²) < 4.78 is 23.2. The van der Waals surface area contributed by atoms with Crippen LogP contribution in [0.5, 0.6) is 0 Å². The standard InChI is InChI=1S/C11H22N2O3S/c1-8(2)6-17(15,16)7-11(14)13-10(5-12)9-3-4-9/h8-10H,3-7,12H2,1-2H3,(H,13,14). The molecule has 0 aliphatic heterocycles. The summed E-state index contributed by atoms with van der Waals surface area (Å²) in [6, 6.07) is -0.0586. The molecule has 1 fully saturated rings. The van der Waals surface area contributed by atoms with E-state index >= 15 is 0 Å². The Kier molecular flexibility index (Phi) is 4.94. The van der Waals surface area contributed by atoms with Crippen LogP contribution in [0.2, 0.25) is 0 Å². The topological polar surface area (TPSA) is 89.3 Å². The van der Waals surface area contributed by atoms with Gasteiger partial charge in [0.05, 0.1) is 5.75 Å². The van der Waals surface area contributed by atoms with Gasteiger partial charge in [-0.2, -0.15) is 0 Å². The van der Waals surface area contributed by atoms with E-state index in [2.05, 4.69) is 5.32 Å². The largest absolute Gasteiger partial charge is 0.351 e. The Hall–Kier alpha value is -0.620. The predicted octanol–water partition coefficient (Wildman–Crippen LogP) is -0.0893. The van der Waals surface area contributed by atoms with Gasteiger partial charge < -0.3 is 11.1 Å². The summed E-state index contributed by atoms with van der Waals surface area (Å²) in [6.45, 7) is 4.02. The van der Waals surface area contributed by atoms with Crippen LogP contribution >= 0.6 is 0 Å².